The van der Waals surface area contributed by atoms with Crippen LogP contribution < -0.4 is 14.9 Å². The Labute approximate surface area is 152 Å². The van der Waals surface area contributed by atoms with Gasteiger partial charge in [0.25, 0.3) is 0 Å². The third-order valence-corrected chi connectivity index (χ3v) is 4.24. The average molecular weight is 350 g/mol. The van der Waals surface area contributed by atoms with E-state index in [0.29, 0.717) is 29.3 Å². The molecule has 0 N–H and O–H groups in total. The standard InChI is InChI=1S/C22H22O4/c1-5-25-20-13-16(10-11-17-8-6-7-9-19(17)24-4)12-18(23)21-14(2)26-15(3)22(20)21/h6-13H,5H2,1-4H3/b11-10+. The Morgan fingerprint density at radius 3 is 2.46 bits per heavy atom. The summed E-state index contributed by atoms with van der Waals surface area (Å²) >= 11 is 0. The van der Waals surface area contributed by atoms with Crippen molar-refractivity contribution in [2.45, 2.75) is 20.8 Å². The average Bonchev–Trinajstić information content (AvgIpc) is 2.84. The van der Waals surface area contributed by atoms with Crippen LogP contribution in [0, 0.1) is 13.8 Å². The Morgan fingerprint density at radius 1 is 1.00 bits per heavy atom. The molecular weight excluding hydrogens is 328 g/mol. The minimum absolute atomic E-state index is 0.0834. The molecule has 0 aliphatic heterocycles. The molecule has 0 atom stereocenters. The summed E-state index contributed by atoms with van der Waals surface area (Å²) in [6, 6.07) is 11.2. The first-order valence-electron chi connectivity index (χ1n) is 8.57. The minimum Gasteiger partial charge on any atom is -0.496 e. The van der Waals surface area contributed by atoms with Gasteiger partial charge in [0.15, 0.2) is 5.43 Å². The van der Waals surface area contributed by atoms with Gasteiger partial charge in [-0.1, -0.05) is 30.4 Å². The van der Waals surface area contributed by atoms with Crippen LogP contribution in [0.5, 0.6) is 11.5 Å². The summed E-state index contributed by atoms with van der Waals surface area (Å²) in [5.41, 5.74) is 1.62. The predicted octanol–water partition coefficient (Wildman–Crippen LogP) is 4.99. The molecule has 0 bridgehead atoms. The molecule has 1 heterocycles. The largest absolute Gasteiger partial charge is 0.496 e. The van der Waals surface area contributed by atoms with E-state index in [4.69, 9.17) is 13.9 Å². The van der Waals surface area contributed by atoms with Crippen molar-refractivity contribution in [3.63, 3.8) is 0 Å². The number of fused-ring (bicyclic) bond motifs is 1. The maximum Gasteiger partial charge on any atom is 0.190 e. The summed E-state index contributed by atoms with van der Waals surface area (Å²) in [4.78, 5) is 12.8. The maximum atomic E-state index is 12.8. The Balaban J connectivity index is 2.18. The number of aryl methyl sites for hydroxylation is 2. The van der Waals surface area contributed by atoms with Crippen LogP contribution >= 0.6 is 0 Å². The zero-order valence-corrected chi connectivity index (χ0v) is 15.5. The van der Waals surface area contributed by atoms with E-state index in [1.807, 2.05) is 56.3 Å². The van der Waals surface area contributed by atoms with Crippen molar-refractivity contribution in [3.8, 4) is 11.5 Å². The van der Waals surface area contributed by atoms with Gasteiger partial charge < -0.3 is 13.9 Å². The molecule has 0 fully saturated rings. The summed E-state index contributed by atoms with van der Waals surface area (Å²) in [6.07, 6.45) is 3.82. The molecule has 4 heteroatoms. The number of para-hydroxylation sites is 1. The van der Waals surface area contributed by atoms with E-state index in [2.05, 4.69) is 0 Å². The van der Waals surface area contributed by atoms with Crippen molar-refractivity contribution in [3.05, 3.63) is 69.3 Å². The van der Waals surface area contributed by atoms with Gasteiger partial charge in [-0.25, -0.2) is 0 Å². The summed E-state index contributed by atoms with van der Waals surface area (Å²) in [5, 5.41) is 1.31. The molecule has 4 nitrogen and oxygen atoms in total. The SMILES string of the molecule is CCOc1cc(/C=C/c2ccccc2OC)cc(=O)c2c(C)oc(C)c12. The van der Waals surface area contributed by atoms with Gasteiger partial charge in [0.2, 0.25) is 0 Å². The molecule has 0 saturated heterocycles. The highest BCUT2D eigenvalue weighted by molar-refractivity contribution is 5.92. The van der Waals surface area contributed by atoms with E-state index in [1.165, 1.54) is 0 Å². The minimum atomic E-state index is -0.0834. The van der Waals surface area contributed by atoms with E-state index in [1.54, 1.807) is 20.1 Å². The van der Waals surface area contributed by atoms with Gasteiger partial charge in [-0.05, 0) is 44.5 Å². The highest BCUT2D eigenvalue weighted by Crippen LogP contribution is 2.31. The molecular formula is C22H22O4. The van der Waals surface area contributed by atoms with Crippen LogP contribution in [0.25, 0.3) is 22.9 Å². The van der Waals surface area contributed by atoms with E-state index in [0.717, 1.165) is 22.3 Å². The van der Waals surface area contributed by atoms with Gasteiger partial charge in [0, 0.05) is 5.56 Å². The van der Waals surface area contributed by atoms with Crippen molar-refractivity contribution < 1.29 is 13.9 Å². The predicted molar refractivity (Wildman–Crippen MR) is 105 cm³/mol. The van der Waals surface area contributed by atoms with E-state index >= 15 is 0 Å². The van der Waals surface area contributed by atoms with Crippen LogP contribution in [0.1, 0.15) is 29.6 Å². The number of rotatable bonds is 5. The van der Waals surface area contributed by atoms with Crippen LogP contribution in [0.4, 0.5) is 0 Å². The van der Waals surface area contributed by atoms with E-state index in [-0.39, 0.29) is 5.43 Å². The Bertz CT molecular complexity index is 1030. The first kappa shape index (κ1) is 17.8. The number of benzene rings is 1. The molecule has 26 heavy (non-hydrogen) atoms. The smallest absolute Gasteiger partial charge is 0.190 e. The first-order chi connectivity index (χ1) is 12.5. The van der Waals surface area contributed by atoms with Gasteiger partial charge in [-0.2, -0.15) is 0 Å². The number of methoxy groups -OCH3 is 1. The quantitative estimate of drug-likeness (QED) is 0.650. The third-order valence-electron chi connectivity index (χ3n) is 4.24. The molecule has 0 aliphatic rings. The molecule has 0 saturated carbocycles. The van der Waals surface area contributed by atoms with Crippen LogP contribution in [0.2, 0.25) is 0 Å². The van der Waals surface area contributed by atoms with Crippen molar-refractivity contribution in [2.24, 2.45) is 0 Å². The Kier molecular flexibility index (Phi) is 5.12. The van der Waals surface area contributed by atoms with Crippen LogP contribution in [0.15, 0.2) is 45.6 Å². The van der Waals surface area contributed by atoms with Crippen LogP contribution in [-0.2, 0) is 0 Å². The molecule has 0 amide bonds. The second kappa shape index (κ2) is 7.48. The highest BCUT2D eigenvalue weighted by atomic mass is 16.5. The van der Waals surface area contributed by atoms with Gasteiger partial charge in [-0.3, -0.25) is 4.79 Å². The molecule has 0 unspecified atom stereocenters. The van der Waals surface area contributed by atoms with Gasteiger partial charge in [0.05, 0.1) is 24.5 Å². The number of furan rings is 1. The molecule has 3 aromatic rings. The summed E-state index contributed by atoms with van der Waals surface area (Å²) < 4.78 is 16.8. The van der Waals surface area contributed by atoms with Crippen molar-refractivity contribution >= 4 is 22.9 Å². The topological polar surface area (TPSA) is 48.7 Å². The molecule has 0 spiro atoms. The lowest BCUT2D eigenvalue weighted by atomic mass is 10.1. The zero-order chi connectivity index (χ0) is 18.7. The summed E-state index contributed by atoms with van der Waals surface area (Å²) in [6.45, 7) is 6.08. The number of ether oxygens (including phenoxy) is 2. The summed E-state index contributed by atoms with van der Waals surface area (Å²) in [7, 11) is 1.64. The summed E-state index contributed by atoms with van der Waals surface area (Å²) in [5.74, 6) is 2.73. The normalized spacial score (nSPS) is 11.2. The second-order valence-electron chi connectivity index (χ2n) is 5.99. The van der Waals surface area contributed by atoms with Crippen LogP contribution in [-0.4, -0.2) is 13.7 Å². The number of hydrogen-bond acceptors (Lipinski definition) is 4. The van der Waals surface area contributed by atoms with Gasteiger partial charge >= 0.3 is 0 Å². The van der Waals surface area contributed by atoms with Crippen molar-refractivity contribution in [2.75, 3.05) is 13.7 Å². The van der Waals surface area contributed by atoms with Gasteiger partial charge in [0.1, 0.15) is 23.0 Å². The molecule has 0 aliphatic carbocycles. The molecule has 3 rings (SSSR count). The lowest BCUT2D eigenvalue weighted by Crippen LogP contribution is -1.96. The lowest BCUT2D eigenvalue weighted by Gasteiger charge is -2.04. The molecule has 2 aromatic carbocycles. The Morgan fingerprint density at radius 2 is 1.73 bits per heavy atom. The third kappa shape index (κ3) is 3.36. The van der Waals surface area contributed by atoms with Gasteiger partial charge in [-0.15, -0.1) is 0 Å². The fraction of sp³-hybridized carbons (Fsp3) is 0.227. The highest BCUT2D eigenvalue weighted by Gasteiger charge is 2.15. The van der Waals surface area contributed by atoms with E-state index in [9.17, 15) is 4.79 Å². The molecule has 0 radical (unpaired) electrons. The van der Waals surface area contributed by atoms with Crippen LogP contribution in [0.3, 0.4) is 0 Å². The lowest BCUT2D eigenvalue weighted by molar-refractivity contribution is 0.344. The second-order valence-corrected chi connectivity index (χ2v) is 5.99. The zero-order valence-electron chi connectivity index (χ0n) is 15.5. The first-order valence-corrected chi connectivity index (χ1v) is 8.57. The van der Waals surface area contributed by atoms with E-state index < -0.39 is 0 Å². The molecule has 134 valence electrons. The fourth-order valence-corrected chi connectivity index (χ4v) is 3.12. The van der Waals surface area contributed by atoms with Crippen molar-refractivity contribution in [1.29, 1.82) is 0 Å². The fourth-order valence-electron chi connectivity index (χ4n) is 3.12. The number of hydrogen-bond donors (Lipinski definition) is 0. The monoisotopic (exact) mass is 350 g/mol. The molecule has 1 aromatic heterocycles. The Hall–Kier alpha value is -3.01. The van der Waals surface area contributed by atoms with Crippen molar-refractivity contribution in [1.82, 2.24) is 0 Å². The maximum absolute atomic E-state index is 12.8.